The maximum atomic E-state index is 5.02. The molecule has 0 unspecified atom stereocenters. The molecule has 0 aromatic heterocycles. The SMILES string of the molecule is S=[C]P(c1ccccc1)c1ccccc1. The molecule has 0 spiro atoms. The van der Waals surface area contributed by atoms with E-state index in [1.54, 1.807) is 0 Å². The lowest BCUT2D eigenvalue weighted by Crippen LogP contribution is -2.10. The second kappa shape index (κ2) is 5.16. The quantitative estimate of drug-likeness (QED) is 0.576. The van der Waals surface area contributed by atoms with Gasteiger partial charge in [-0.05, 0) is 10.6 Å². The molecular weight excluding hydrogens is 219 g/mol. The summed E-state index contributed by atoms with van der Waals surface area (Å²) in [6.45, 7) is 0. The van der Waals surface area contributed by atoms with Gasteiger partial charge in [0.2, 0.25) is 0 Å². The molecule has 0 heterocycles. The zero-order valence-corrected chi connectivity index (χ0v) is 9.84. The molecule has 2 aromatic carbocycles. The molecule has 0 nitrogen and oxygen atoms in total. The molecule has 2 aromatic rings. The number of rotatable bonds is 3. The van der Waals surface area contributed by atoms with E-state index in [9.17, 15) is 0 Å². The van der Waals surface area contributed by atoms with Crippen molar-refractivity contribution in [1.82, 2.24) is 0 Å². The Bertz CT molecular complexity index is 385. The summed E-state index contributed by atoms with van der Waals surface area (Å²) in [5, 5.41) is 5.50. The van der Waals surface area contributed by atoms with Crippen LogP contribution in [0, 0.1) is 0 Å². The third-order valence-electron chi connectivity index (χ3n) is 2.12. The van der Waals surface area contributed by atoms with Gasteiger partial charge in [-0.25, -0.2) is 0 Å². The van der Waals surface area contributed by atoms with Crippen molar-refractivity contribution in [3.63, 3.8) is 0 Å². The summed E-state index contributed by atoms with van der Waals surface area (Å²) in [7, 11) is -0.584. The topological polar surface area (TPSA) is 0 Å². The molecule has 0 saturated carbocycles. The van der Waals surface area contributed by atoms with Crippen LogP contribution in [-0.4, -0.2) is 5.11 Å². The summed E-state index contributed by atoms with van der Waals surface area (Å²) in [5.74, 6) is 0. The van der Waals surface area contributed by atoms with Crippen molar-refractivity contribution in [3.05, 3.63) is 60.7 Å². The summed E-state index contributed by atoms with van der Waals surface area (Å²) >= 11 is 5.02. The average Bonchev–Trinajstić information content (AvgIpc) is 2.33. The van der Waals surface area contributed by atoms with E-state index in [2.05, 4.69) is 29.4 Å². The van der Waals surface area contributed by atoms with Gasteiger partial charge in [-0.1, -0.05) is 72.9 Å². The molecule has 2 rings (SSSR count). The van der Waals surface area contributed by atoms with Crippen LogP contribution >= 0.6 is 20.1 Å². The van der Waals surface area contributed by atoms with Crippen LogP contribution in [0.25, 0.3) is 0 Å². The molecule has 0 aliphatic heterocycles. The number of benzene rings is 2. The number of hydrogen-bond acceptors (Lipinski definition) is 1. The average molecular weight is 229 g/mol. The first kappa shape index (κ1) is 10.5. The van der Waals surface area contributed by atoms with Gasteiger partial charge in [0.25, 0.3) is 0 Å². The van der Waals surface area contributed by atoms with Gasteiger partial charge in [0.05, 0.1) is 5.11 Å². The zero-order valence-electron chi connectivity index (χ0n) is 8.13. The predicted molar refractivity (Wildman–Crippen MR) is 71.7 cm³/mol. The largest absolute Gasteiger partial charge is 0.0773 e. The standard InChI is InChI=1S/C13H10PS/c15-11-14(12-7-3-1-4-8-12)13-9-5-2-6-10-13/h1-10H. The molecule has 0 aliphatic rings. The van der Waals surface area contributed by atoms with Gasteiger partial charge in [-0.2, -0.15) is 0 Å². The molecule has 73 valence electrons. The van der Waals surface area contributed by atoms with Gasteiger partial charge >= 0.3 is 0 Å². The first-order chi connectivity index (χ1) is 7.42. The van der Waals surface area contributed by atoms with E-state index < -0.39 is 7.92 Å². The molecule has 0 aliphatic carbocycles. The van der Waals surface area contributed by atoms with Crippen molar-refractivity contribution >= 4 is 35.9 Å². The van der Waals surface area contributed by atoms with Crippen molar-refractivity contribution < 1.29 is 0 Å². The van der Waals surface area contributed by atoms with E-state index in [1.165, 1.54) is 10.6 Å². The Kier molecular flexibility index (Phi) is 3.60. The smallest absolute Gasteiger partial charge is 0.0664 e. The second-order valence-corrected chi connectivity index (χ2v) is 5.53. The third-order valence-corrected chi connectivity index (χ3v) is 4.48. The van der Waals surface area contributed by atoms with Crippen molar-refractivity contribution in [3.8, 4) is 0 Å². The van der Waals surface area contributed by atoms with Crippen molar-refractivity contribution in [1.29, 1.82) is 0 Å². The van der Waals surface area contributed by atoms with Gasteiger partial charge in [0, 0.05) is 7.92 Å². The summed E-state index contributed by atoms with van der Waals surface area (Å²) in [5.41, 5.74) is 0. The van der Waals surface area contributed by atoms with Gasteiger partial charge < -0.3 is 0 Å². The molecule has 0 N–H and O–H groups in total. The summed E-state index contributed by atoms with van der Waals surface area (Å²) in [4.78, 5) is 0. The molecule has 0 amide bonds. The first-order valence-corrected chi connectivity index (χ1v) is 6.45. The Balaban J connectivity index is 2.38. The summed E-state index contributed by atoms with van der Waals surface area (Å²) in [6.07, 6.45) is 0. The van der Waals surface area contributed by atoms with Gasteiger partial charge in [0.15, 0.2) is 0 Å². The van der Waals surface area contributed by atoms with E-state index in [4.69, 9.17) is 12.2 Å². The molecule has 0 saturated heterocycles. The second-order valence-electron chi connectivity index (χ2n) is 3.10. The fourth-order valence-electron chi connectivity index (χ4n) is 1.41. The molecule has 0 fully saturated rings. The highest BCUT2D eigenvalue weighted by Gasteiger charge is 2.09. The van der Waals surface area contributed by atoms with Crippen LogP contribution in [0.15, 0.2) is 60.7 Å². The van der Waals surface area contributed by atoms with Crippen molar-refractivity contribution in [2.24, 2.45) is 0 Å². The molecular formula is C13H10PS. The Morgan fingerprint density at radius 2 is 1.13 bits per heavy atom. The van der Waals surface area contributed by atoms with Crippen LogP contribution in [0.4, 0.5) is 0 Å². The fraction of sp³-hybridized carbons (Fsp3) is 0. The molecule has 0 bridgehead atoms. The molecule has 0 atom stereocenters. The van der Waals surface area contributed by atoms with Gasteiger partial charge in [-0.15, -0.1) is 0 Å². The highest BCUT2D eigenvalue weighted by Crippen LogP contribution is 2.29. The van der Waals surface area contributed by atoms with Gasteiger partial charge in [0.1, 0.15) is 0 Å². The molecule has 1 radical (unpaired) electrons. The molecule has 15 heavy (non-hydrogen) atoms. The minimum atomic E-state index is -0.584. The number of thiocarbonyl (C=S) groups is 1. The monoisotopic (exact) mass is 229 g/mol. The van der Waals surface area contributed by atoms with Crippen LogP contribution in [0.1, 0.15) is 0 Å². The van der Waals surface area contributed by atoms with E-state index in [1.807, 2.05) is 36.4 Å². The maximum absolute atomic E-state index is 5.02. The Morgan fingerprint density at radius 1 is 0.733 bits per heavy atom. The lowest BCUT2D eigenvalue weighted by Gasteiger charge is -2.11. The van der Waals surface area contributed by atoms with Crippen LogP contribution < -0.4 is 10.6 Å². The lowest BCUT2D eigenvalue weighted by atomic mass is 10.4. The Hall–Kier alpha value is -1.04. The summed E-state index contributed by atoms with van der Waals surface area (Å²) in [6, 6.07) is 20.6. The van der Waals surface area contributed by atoms with Crippen molar-refractivity contribution in [2.75, 3.05) is 0 Å². The van der Waals surface area contributed by atoms with Crippen molar-refractivity contribution in [2.45, 2.75) is 0 Å². The zero-order chi connectivity index (χ0) is 10.5. The van der Waals surface area contributed by atoms with Crippen LogP contribution in [0.2, 0.25) is 0 Å². The lowest BCUT2D eigenvalue weighted by molar-refractivity contribution is 1.76. The van der Waals surface area contributed by atoms with E-state index in [0.29, 0.717) is 0 Å². The summed E-state index contributed by atoms with van der Waals surface area (Å²) < 4.78 is 0. The minimum absolute atomic E-state index is 0.584. The third kappa shape index (κ3) is 2.50. The maximum Gasteiger partial charge on any atom is 0.0664 e. The van der Waals surface area contributed by atoms with Gasteiger partial charge in [-0.3, -0.25) is 0 Å². The predicted octanol–water partition coefficient (Wildman–Crippen LogP) is 2.95. The van der Waals surface area contributed by atoms with Crippen LogP contribution in [0.3, 0.4) is 0 Å². The minimum Gasteiger partial charge on any atom is -0.0773 e. The van der Waals surface area contributed by atoms with Crippen LogP contribution in [0.5, 0.6) is 0 Å². The molecule has 2 heteroatoms. The fourth-order valence-corrected chi connectivity index (χ4v) is 3.49. The first-order valence-electron chi connectivity index (χ1n) is 4.70. The van der Waals surface area contributed by atoms with E-state index >= 15 is 0 Å². The highest BCUT2D eigenvalue weighted by atomic mass is 32.1. The highest BCUT2D eigenvalue weighted by molar-refractivity contribution is 8.02. The van der Waals surface area contributed by atoms with Crippen LogP contribution in [-0.2, 0) is 0 Å². The van der Waals surface area contributed by atoms with E-state index in [-0.39, 0.29) is 0 Å². The number of hydrogen-bond donors (Lipinski definition) is 0. The normalized spacial score (nSPS) is 10.2. The van der Waals surface area contributed by atoms with E-state index in [0.717, 1.165) is 0 Å². The Morgan fingerprint density at radius 3 is 1.47 bits per heavy atom. The Labute approximate surface area is 96.7 Å².